The number of benzene rings is 1. The second-order valence-corrected chi connectivity index (χ2v) is 5.07. The zero-order chi connectivity index (χ0) is 17.9. The number of carbonyl (C=O) groups excluding carboxylic acids is 1. The molecule has 2 rings (SSSR count). The molecule has 0 atom stereocenters. The van der Waals surface area contributed by atoms with Gasteiger partial charge in [0.25, 0.3) is 6.43 Å². The first-order valence-corrected chi connectivity index (χ1v) is 6.94. The summed E-state index contributed by atoms with van der Waals surface area (Å²) in [4.78, 5) is 12.0. The van der Waals surface area contributed by atoms with Crippen molar-refractivity contribution in [3.8, 4) is 5.75 Å². The van der Waals surface area contributed by atoms with Crippen molar-refractivity contribution in [2.75, 3.05) is 5.32 Å². The van der Waals surface area contributed by atoms with Gasteiger partial charge in [0, 0.05) is 11.4 Å². The van der Waals surface area contributed by atoms with Gasteiger partial charge in [-0.2, -0.15) is 13.9 Å². The molecule has 24 heavy (non-hydrogen) atoms. The normalized spacial score (nSPS) is 11.2. The van der Waals surface area contributed by atoms with E-state index in [9.17, 15) is 22.4 Å². The average molecular weight is 345 g/mol. The van der Waals surface area contributed by atoms with Crippen LogP contribution in [0.2, 0.25) is 0 Å². The van der Waals surface area contributed by atoms with E-state index in [1.165, 1.54) is 28.9 Å². The van der Waals surface area contributed by atoms with Crippen LogP contribution in [0, 0.1) is 13.8 Å². The lowest BCUT2D eigenvalue weighted by Gasteiger charge is -2.11. The first-order valence-electron chi connectivity index (χ1n) is 6.94. The number of hydrogen-bond acceptors (Lipinski definition) is 3. The third-order valence-electron chi connectivity index (χ3n) is 3.21. The van der Waals surface area contributed by atoms with Crippen molar-refractivity contribution >= 4 is 11.6 Å². The summed E-state index contributed by atoms with van der Waals surface area (Å²) in [7, 11) is 0. The second kappa shape index (κ2) is 7.33. The maximum absolute atomic E-state index is 12.6. The largest absolute Gasteiger partial charge is 0.435 e. The van der Waals surface area contributed by atoms with Gasteiger partial charge >= 0.3 is 6.61 Å². The molecule has 1 amide bonds. The third-order valence-corrected chi connectivity index (χ3v) is 3.21. The van der Waals surface area contributed by atoms with Crippen LogP contribution in [0.15, 0.2) is 24.3 Å². The van der Waals surface area contributed by atoms with Crippen LogP contribution in [0.5, 0.6) is 5.75 Å². The predicted octanol–water partition coefficient (Wildman–Crippen LogP) is 3.68. The Morgan fingerprint density at radius 3 is 2.50 bits per heavy atom. The summed E-state index contributed by atoms with van der Waals surface area (Å²) < 4.78 is 54.9. The molecule has 1 N–H and O–H groups in total. The van der Waals surface area contributed by atoms with Crippen molar-refractivity contribution < 1.29 is 27.1 Å². The van der Waals surface area contributed by atoms with Gasteiger partial charge in [-0.25, -0.2) is 8.78 Å². The fourth-order valence-corrected chi connectivity index (χ4v) is 2.08. The molecule has 0 spiro atoms. The van der Waals surface area contributed by atoms with Crippen LogP contribution in [-0.4, -0.2) is 22.3 Å². The van der Waals surface area contributed by atoms with Crippen molar-refractivity contribution in [1.82, 2.24) is 9.78 Å². The number of alkyl halides is 4. The van der Waals surface area contributed by atoms with E-state index >= 15 is 0 Å². The van der Waals surface area contributed by atoms with Gasteiger partial charge in [0.05, 0.1) is 0 Å². The fourth-order valence-electron chi connectivity index (χ4n) is 2.08. The Morgan fingerprint density at radius 2 is 1.96 bits per heavy atom. The summed E-state index contributed by atoms with van der Waals surface area (Å²) in [6.45, 7) is 0.0000513. The summed E-state index contributed by atoms with van der Waals surface area (Å²) >= 11 is 0. The zero-order valence-electron chi connectivity index (χ0n) is 12.9. The van der Waals surface area contributed by atoms with Gasteiger partial charge in [-0.1, -0.05) is 0 Å². The number of nitrogens with zero attached hydrogens (tertiary/aromatic N) is 2. The van der Waals surface area contributed by atoms with E-state index in [-0.39, 0.29) is 12.3 Å². The van der Waals surface area contributed by atoms with Crippen LogP contribution in [0.1, 0.15) is 23.4 Å². The Balaban J connectivity index is 2.04. The lowest BCUT2D eigenvalue weighted by molar-refractivity contribution is -0.117. The molecule has 0 aliphatic heterocycles. The van der Waals surface area contributed by atoms with Gasteiger partial charge in [0.15, 0.2) is 0 Å². The van der Waals surface area contributed by atoms with E-state index in [0.29, 0.717) is 16.9 Å². The topological polar surface area (TPSA) is 56.1 Å². The Morgan fingerprint density at radius 1 is 1.25 bits per heavy atom. The highest BCUT2D eigenvalue weighted by atomic mass is 19.3. The molecule has 2 aromatic rings. The Kier molecular flexibility index (Phi) is 5.42. The molecule has 1 heterocycles. The third kappa shape index (κ3) is 4.46. The van der Waals surface area contributed by atoms with E-state index in [1.807, 2.05) is 0 Å². The van der Waals surface area contributed by atoms with Gasteiger partial charge in [-0.3, -0.25) is 9.48 Å². The number of amides is 1. The van der Waals surface area contributed by atoms with Gasteiger partial charge in [-0.05, 0) is 43.7 Å². The SMILES string of the molecule is Cc1cc(OC(F)F)ccc1NC(=O)Cn1nc(C(F)F)cc1C. The van der Waals surface area contributed by atoms with E-state index in [2.05, 4.69) is 15.2 Å². The standard InChI is InChI=1S/C15H15F4N3O2/c1-8-5-10(24-15(18)19)3-4-11(8)20-13(23)7-22-9(2)6-12(21-22)14(16)17/h3-6,14-15H,7H2,1-2H3,(H,20,23). The van der Waals surface area contributed by atoms with Gasteiger partial charge in [-0.15, -0.1) is 0 Å². The molecular weight excluding hydrogens is 330 g/mol. The van der Waals surface area contributed by atoms with Crippen molar-refractivity contribution in [3.63, 3.8) is 0 Å². The number of rotatable bonds is 6. The number of ether oxygens (including phenoxy) is 1. The molecule has 0 aliphatic rings. The van der Waals surface area contributed by atoms with Crippen LogP contribution in [-0.2, 0) is 11.3 Å². The maximum Gasteiger partial charge on any atom is 0.387 e. The Hall–Kier alpha value is -2.58. The minimum atomic E-state index is -2.93. The molecule has 0 unspecified atom stereocenters. The van der Waals surface area contributed by atoms with Crippen molar-refractivity contribution in [3.05, 3.63) is 41.2 Å². The minimum absolute atomic E-state index is 0.0232. The molecule has 0 saturated carbocycles. The molecule has 0 fully saturated rings. The first-order chi connectivity index (χ1) is 11.3. The van der Waals surface area contributed by atoms with E-state index in [1.54, 1.807) is 13.8 Å². The number of nitrogens with one attached hydrogen (secondary N) is 1. The highest BCUT2D eigenvalue weighted by Crippen LogP contribution is 2.23. The summed E-state index contributed by atoms with van der Waals surface area (Å²) in [5, 5.41) is 6.24. The molecule has 9 heteroatoms. The van der Waals surface area contributed by atoms with Crippen molar-refractivity contribution in [1.29, 1.82) is 0 Å². The highest BCUT2D eigenvalue weighted by Gasteiger charge is 2.15. The molecule has 0 saturated heterocycles. The zero-order valence-corrected chi connectivity index (χ0v) is 12.9. The smallest absolute Gasteiger partial charge is 0.387 e. The molecule has 0 bridgehead atoms. The molecular formula is C15H15F4N3O2. The Bertz CT molecular complexity index is 732. The average Bonchev–Trinajstić information content (AvgIpc) is 2.83. The lowest BCUT2D eigenvalue weighted by atomic mass is 10.2. The van der Waals surface area contributed by atoms with Gasteiger partial charge in [0.2, 0.25) is 5.91 Å². The lowest BCUT2D eigenvalue weighted by Crippen LogP contribution is -2.20. The van der Waals surface area contributed by atoms with E-state index < -0.39 is 24.6 Å². The molecule has 1 aromatic carbocycles. The predicted molar refractivity (Wildman–Crippen MR) is 78.4 cm³/mol. The molecule has 1 aromatic heterocycles. The van der Waals surface area contributed by atoms with E-state index in [4.69, 9.17) is 0 Å². The minimum Gasteiger partial charge on any atom is -0.435 e. The number of hydrogen-bond donors (Lipinski definition) is 1. The second-order valence-electron chi connectivity index (χ2n) is 5.07. The monoisotopic (exact) mass is 345 g/mol. The summed E-state index contributed by atoms with van der Waals surface area (Å²) in [6, 6.07) is 5.28. The van der Waals surface area contributed by atoms with Crippen LogP contribution in [0.3, 0.4) is 0 Å². The van der Waals surface area contributed by atoms with Crippen LogP contribution in [0.4, 0.5) is 23.2 Å². The van der Waals surface area contributed by atoms with E-state index in [0.717, 1.165) is 0 Å². The summed E-state index contributed by atoms with van der Waals surface area (Å²) in [5.41, 5.74) is 0.954. The van der Waals surface area contributed by atoms with Crippen molar-refractivity contribution in [2.24, 2.45) is 0 Å². The van der Waals surface area contributed by atoms with Gasteiger partial charge in [0.1, 0.15) is 18.0 Å². The van der Waals surface area contributed by atoms with Crippen LogP contribution < -0.4 is 10.1 Å². The number of anilines is 1. The van der Waals surface area contributed by atoms with Crippen LogP contribution in [0.25, 0.3) is 0 Å². The Labute approximate surface area is 135 Å². The van der Waals surface area contributed by atoms with Gasteiger partial charge < -0.3 is 10.1 Å². The first kappa shape index (κ1) is 17.8. The van der Waals surface area contributed by atoms with Crippen LogP contribution >= 0.6 is 0 Å². The number of aromatic nitrogens is 2. The van der Waals surface area contributed by atoms with Crippen molar-refractivity contribution in [2.45, 2.75) is 33.4 Å². The quantitative estimate of drug-likeness (QED) is 0.813. The molecule has 0 radical (unpaired) electrons. The molecule has 0 aliphatic carbocycles. The number of carbonyl (C=O) groups is 1. The highest BCUT2D eigenvalue weighted by molar-refractivity contribution is 5.91. The number of aryl methyl sites for hydroxylation is 2. The summed E-state index contributed by atoms with van der Waals surface area (Å²) in [6.07, 6.45) is -2.71. The maximum atomic E-state index is 12.6. The fraction of sp³-hybridized carbons (Fsp3) is 0.333. The molecule has 5 nitrogen and oxygen atoms in total. The number of halogens is 4. The molecule has 130 valence electrons. The summed E-state index contributed by atoms with van der Waals surface area (Å²) in [5.74, 6) is -0.502.